The van der Waals surface area contributed by atoms with Crippen LogP contribution in [0.2, 0.25) is 5.02 Å². The Hall–Kier alpha value is -2.58. The molecule has 0 saturated heterocycles. The molecule has 3 heteroatoms. The normalized spacial score (nSPS) is 11.0. The van der Waals surface area contributed by atoms with Crippen LogP contribution in [0.15, 0.2) is 79.1 Å². The number of benzene rings is 2. The average Bonchev–Trinajstić information content (AvgIpc) is 3.09. The van der Waals surface area contributed by atoms with Crippen molar-refractivity contribution in [3.8, 4) is 5.69 Å². The maximum Gasteiger partial charge on any atom is 0.185 e. The van der Waals surface area contributed by atoms with Crippen LogP contribution in [-0.2, 0) is 0 Å². The van der Waals surface area contributed by atoms with E-state index in [-0.39, 0.29) is 5.78 Å². The molecule has 0 radical (unpaired) electrons. The molecule has 2 aromatic carbocycles. The van der Waals surface area contributed by atoms with E-state index in [0.29, 0.717) is 10.6 Å². The van der Waals surface area contributed by atoms with Gasteiger partial charge in [0.2, 0.25) is 0 Å². The summed E-state index contributed by atoms with van der Waals surface area (Å²) in [6.07, 6.45) is 7.31. The Balaban J connectivity index is 1.73. The minimum atomic E-state index is -0.0194. The first-order chi connectivity index (χ1) is 10.7. The lowest BCUT2D eigenvalue weighted by Crippen LogP contribution is -1.96. The average molecular weight is 308 g/mol. The molecule has 3 aromatic rings. The standard InChI is InChI=1S/C19H14ClNO/c20-17-8-3-15(4-9-17)5-12-19(22)16-6-10-18(11-7-16)21-13-1-2-14-21/h1-14H/b12-5+. The van der Waals surface area contributed by atoms with Gasteiger partial charge in [0.1, 0.15) is 0 Å². The van der Waals surface area contributed by atoms with Crippen molar-refractivity contribution >= 4 is 23.5 Å². The van der Waals surface area contributed by atoms with Gasteiger partial charge in [-0.1, -0.05) is 29.8 Å². The molecule has 0 aliphatic rings. The Morgan fingerprint density at radius 3 is 2.18 bits per heavy atom. The van der Waals surface area contributed by atoms with Crippen LogP contribution in [0, 0.1) is 0 Å². The van der Waals surface area contributed by atoms with E-state index in [4.69, 9.17) is 11.6 Å². The Morgan fingerprint density at radius 1 is 0.909 bits per heavy atom. The third-order valence-corrected chi connectivity index (χ3v) is 3.60. The fraction of sp³-hybridized carbons (Fsp3) is 0. The molecule has 0 atom stereocenters. The van der Waals surface area contributed by atoms with Crippen molar-refractivity contribution in [2.75, 3.05) is 0 Å². The first-order valence-electron chi connectivity index (χ1n) is 6.94. The van der Waals surface area contributed by atoms with E-state index in [1.807, 2.05) is 65.5 Å². The van der Waals surface area contributed by atoms with Crippen LogP contribution in [0.1, 0.15) is 15.9 Å². The van der Waals surface area contributed by atoms with Crippen molar-refractivity contribution in [2.45, 2.75) is 0 Å². The van der Waals surface area contributed by atoms with E-state index in [1.54, 1.807) is 24.3 Å². The van der Waals surface area contributed by atoms with Gasteiger partial charge in [-0.25, -0.2) is 0 Å². The Bertz CT molecular complexity index is 784. The number of aromatic nitrogens is 1. The molecule has 0 saturated carbocycles. The minimum absolute atomic E-state index is 0.0194. The summed E-state index contributed by atoms with van der Waals surface area (Å²) in [4.78, 5) is 12.2. The van der Waals surface area contributed by atoms with E-state index in [9.17, 15) is 4.79 Å². The van der Waals surface area contributed by atoms with Crippen LogP contribution in [0.4, 0.5) is 0 Å². The van der Waals surface area contributed by atoms with Crippen molar-refractivity contribution in [1.82, 2.24) is 4.57 Å². The van der Waals surface area contributed by atoms with Gasteiger partial charge in [0.25, 0.3) is 0 Å². The molecule has 0 bridgehead atoms. The van der Waals surface area contributed by atoms with Gasteiger partial charge in [-0.3, -0.25) is 4.79 Å². The summed E-state index contributed by atoms with van der Waals surface area (Å²) in [6.45, 7) is 0. The summed E-state index contributed by atoms with van der Waals surface area (Å²) in [5, 5.41) is 0.684. The molecule has 3 rings (SSSR count). The number of carbonyl (C=O) groups excluding carboxylic acids is 1. The van der Waals surface area contributed by atoms with E-state index >= 15 is 0 Å². The van der Waals surface area contributed by atoms with Crippen molar-refractivity contribution < 1.29 is 4.79 Å². The Labute approximate surface area is 134 Å². The maximum atomic E-state index is 12.2. The van der Waals surface area contributed by atoms with Crippen LogP contribution in [0.25, 0.3) is 11.8 Å². The van der Waals surface area contributed by atoms with E-state index < -0.39 is 0 Å². The van der Waals surface area contributed by atoms with Gasteiger partial charge < -0.3 is 4.57 Å². The molecule has 0 fully saturated rings. The Kier molecular flexibility index (Phi) is 4.22. The summed E-state index contributed by atoms with van der Waals surface area (Å²) in [5.74, 6) is -0.0194. The predicted molar refractivity (Wildman–Crippen MR) is 90.6 cm³/mol. The van der Waals surface area contributed by atoms with Gasteiger partial charge in [0.15, 0.2) is 5.78 Å². The summed E-state index contributed by atoms with van der Waals surface area (Å²) in [5.41, 5.74) is 2.64. The van der Waals surface area contributed by atoms with Gasteiger partial charge in [-0.15, -0.1) is 0 Å². The van der Waals surface area contributed by atoms with Gasteiger partial charge in [-0.05, 0) is 60.2 Å². The Morgan fingerprint density at radius 2 is 1.55 bits per heavy atom. The fourth-order valence-electron chi connectivity index (χ4n) is 2.15. The van der Waals surface area contributed by atoms with Crippen LogP contribution in [0.5, 0.6) is 0 Å². The number of nitrogens with zero attached hydrogens (tertiary/aromatic N) is 1. The molecular formula is C19H14ClNO. The fourth-order valence-corrected chi connectivity index (χ4v) is 2.27. The highest BCUT2D eigenvalue weighted by molar-refractivity contribution is 6.30. The summed E-state index contributed by atoms with van der Waals surface area (Å²) >= 11 is 5.83. The summed E-state index contributed by atoms with van der Waals surface area (Å²) in [7, 11) is 0. The zero-order chi connectivity index (χ0) is 15.4. The molecule has 108 valence electrons. The van der Waals surface area contributed by atoms with Crippen molar-refractivity contribution in [3.05, 3.63) is 95.3 Å². The van der Waals surface area contributed by atoms with Crippen LogP contribution < -0.4 is 0 Å². The molecule has 0 unspecified atom stereocenters. The predicted octanol–water partition coefficient (Wildman–Crippen LogP) is 5.03. The second-order valence-electron chi connectivity index (χ2n) is 4.89. The monoisotopic (exact) mass is 307 g/mol. The van der Waals surface area contributed by atoms with E-state index in [0.717, 1.165) is 11.3 Å². The highest BCUT2D eigenvalue weighted by atomic mass is 35.5. The molecule has 0 aliphatic carbocycles. The minimum Gasteiger partial charge on any atom is -0.324 e. The van der Waals surface area contributed by atoms with Crippen LogP contribution >= 0.6 is 11.6 Å². The first-order valence-corrected chi connectivity index (χ1v) is 7.31. The van der Waals surface area contributed by atoms with E-state index in [2.05, 4.69) is 0 Å². The molecular weight excluding hydrogens is 294 g/mol. The molecule has 1 aromatic heterocycles. The molecule has 1 heterocycles. The smallest absolute Gasteiger partial charge is 0.185 e. The van der Waals surface area contributed by atoms with Gasteiger partial charge in [0.05, 0.1) is 0 Å². The van der Waals surface area contributed by atoms with Crippen molar-refractivity contribution in [1.29, 1.82) is 0 Å². The van der Waals surface area contributed by atoms with Gasteiger partial charge >= 0.3 is 0 Å². The third-order valence-electron chi connectivity index (χ3n) is 3.35. The molecule has 0 aliphatic heterocycles. The maximum absolute atomic E-state index is 12.2. The van der Waals surface area contributed by atoms with Crippen molar-refractivity contribution in [2.24, 2.45) is 0 Å². The van der Waals surface area contributed by atoms with Crippen LogP contribution in [0.3, 0.4) is 0 Å². The SMILES string of the molecule is O=C(/C=C/c1ccc(Cl)cc1)c1ccc(-n2cccc2)cc1. The second kappa shape index (κ2) is 6.46. The molecule has 0 amide bonds. The van der Waals surface area contributed by atoms with Crippen LogP contribution in [-0.4, -0.2) is 10.4 Å². The summed E-state index contributed by atoms with van der Waals surface area (Å²) in [6, 6.07) is 18.8. The topological polar surface area (TPSA) is 22.0 Å². The largest absolute Gasteiger partial charge is 0.324 e. The quantitative estimate of drug-likeness (QED) is 0.489. The molecule has 22 heavy (non-hydrogen) atoms. The van der Waals surface area contributed by atoms with Crippen molar-refractivity contribution in [3.63, 3.8) is 0 Å². The number of carbonyl (C=O) groups is 1. The number of hydrogen-bond acceptors (Lipinski definition) is 1. The highest BCUT2D eigenvalue weighted by Crippen LogP contribution is 2.13. The van der Waals surface area contributed by atoms with Gasteiger partial charge in [0, 0.05) is 28.7 Å². The lowest BCUT2D eigenvalue weighted by molar-refractivity contribution is 0.104. The van der Waals surface area contributed by atoms with E-state index in [1.165, 1.54) is 0 Å². The third kappa shape index (κ3) is 3.35. The number of hydrogen-bond donors (Lipinski definition) is 0. The number of ketones is 1. The summed E-state index contributed by atoms with van der Waals surface area (Å²) < 4.78 is 2.00. The highest BCUT2D eigenvalue weighted by Gasteiger charge is 2.02. The molecule has 2 nitrogen and oxygen atoms in total. The zero-order valence-corrected chi connectivity index (χ0v) is 12.6. The van der Waals surface area contributed by atoms with Gasteiger partial charge in [-0.2, -0.15) is 0 Å². The number of allylic oxidation sites excluding steroid dienone is 1. The number of rotatable bonds is 4. The number of halogens is 1. The first kappa shape index (κ1) is 14.4. The lowest BCUT2D eigenvalue weighted by atomic mass is 10.1. The lowest BCUT2D eigenvalue weighted by Gasteiger charge is -2.03. The molecule has 0 N–H and O–H groups in total. The second-order valence-corrected chi connectivity index (χ2v) is 5.32. The molecule has 0 spiro atoms. The zero-order valence-electron chi connectivity index (χ0n) is 11.8.